The average molecular weight is 984 g/mol. The number of aromatic nitrogens is 3. The molecule has 298 valence electrons. The summed E-state index contributed by atoms with van der Waals surface area (Å²) in [6.07, 6.45) is 0. The first-order valence-electron chi connectivity index (χ1n) is 14.4. The SMILES string of the molecule is O=S(=O)(O)OCCS(=O)(=O)c1cccc(Nc2nc(Cl)nc(Nc3cc(S(=O)(=O)[O-])cc4cc(S(=O)(=O)[O-])c(N=Nc5ccccc5S(=O)(=O)[O-])c([O-])c34)n2)c1.[Na+].[Na+].[Na+].[Na+]. The summed E-state index contributed by atoms with van der Waals surface area (Å²) in [5.74, 6) is -3.31. The monoisotopic (exact) mass is 983 g/mol. The summed E-state index contributed by atoms with van der Waals surface area (Å²) < 4.78 is 168. The molecule has 0 saturated carbocycles. The summed E-state index contributed by atoms with van der Waals surface area (Å²) in [5, 5.41) is 24.1. The predicted octanol–water partition coefficient (Wildman–Crippen LogP) is -10.0. The maximum atomic E-state index is 13.9. The Kier molecular flexibility index (Phi) is 21.1. The van der Waals surface area contributed by atoms with Gasteiger partial charge in [-0.25, -0.2) is 37.9 Å². The van der Waals surface area contributed by atoms with Gasteiger partial charge in [-0.1, -0.05) is 23.9 Å². The third-order valence-corrected chi connectivity index (χ3v) is 11.8. The fourth-order valence-electron chi connectivity index (χ4n) is 4.67. The zero-order valence-electron chi connectivity index (χ0n) is 31.0. The van der Waals surface area contributed by atoms with E-state index in [2.05, 4.69) is 40.0 Å². The van der Waals surface area contributed by atoms with Gasteiger partial charge in [-0.3, -0.25) is 4.55 Å². The maximum Gasteiger partial charge on any atom is 1.00 e. The van der Waals surface area contributed by atoms with Crippen LogP contribution in [0.4, 0.5) is 34.6 Å². The Hall–Kier alpha value is -1.01. The van der Waals surface area contributed by atoms with Crippen LogP contribution in [0.3, 0.4) is 0 Å². The normalized spacial score (nSPS) is 12.1. The average Bonchev–Trinajstić information content (AvgIpc) is 3.05. The Bertz CT molecular complexity index is 3030. The van der Waals surface area contributed by atoms with Gasteiger partial charge >= 0.3 is 129 Å². The molecule has 0 aliphatic heterocycles. The number of halogens is 1. The minimum absolute atomic E-state index is 0. The van der Waals surface area contributed by atoms with E-state index in [9.17, 15) is 60.9 Å². The molecule has 0 radical (unpaired) electrons. The molecule has 5 rings (SSSR count). The van der Waals surface area contributed by atoms with E-state index in [0.717, 1.165) is 30.3 Å². The number of hydrogen-bond donors (Lipinski definition) is 3. The number of fused-ring (bicyclic) bond motifs is 1. The molecule has 23 nitrogen and oxygen atoms in total. The van der Waals surface area contributed by atoms with Gasteiger partial charge in [0, 0.05) is 11.4 Å². The Labute approximate surface area is 434 Å². The summed E-state index contributed by atoms with van der Waals surface area (Å²) in [6.45, 7) is -0.913. The summed E-state index contributed by atoms with van der Waals surface area (Å²) in [6, 6.07) is 10.7. The fraction of sp³-hybridized carbons (Fsp3) is 0.0741. The van der Waals surface area contributed by atoms with Crippen molar-refractivity contribution < 1.29 is 188 Å². The molecule has 0 saturated heterocycles. The molecular weight excluding hydrogens is 966 g/mol. The molecule has 3 N–H and O–H groups in total. The second-order valence-electron chi connectivity index (χ2n) is 10.7. The van der Waals surface area contributed by atoms with Crippen LogP contribution in [0.25, 0.3) is 10.8 Å². The van der Waals surface area contributed by atoms with Crippen molar-refractivity contribution >= 4 is 108 Å². The summed E-state index contributed by atoms with van der Waals surface area (Å²) in [5.41, 5.74) is -2.50. The third-order valence-electron chi connectivity index (χ3n) is 6.94. The third kappa shape index (κ3) is 15.0. The fourth-order valence-corrected chi connectivity index (χ4v) is 8.15. The van der Waals surface area contributed by atoms with E-state index in [-0.39, 0.29) is 129 Å². The first-order valence-corrected chi connectivity index (χ1v) is 22.0. The molecule has 0 spiro atoms. The number of benzene rings is 4. The van der Waals surface area contributed by atoms with Crippen LogP contribution in [0.5, 0.6) is 5.75 Å². The number of sulfone groups is 1. The minimum atomic E-state index is -5.64. The van der Waals surface area contributed by atoms with Crippen LogP contribution in [-0.2, 0) is 54.8 Å². The second kappa shape index (κ2) is 22.3. The van der Waals surface area contributed by atoms with Gasteiger partial charge in [0.1, 0.15) is 36.0 Å². The summed E-state index contributed by atoms with van der Waals surface area (Å²) >= 11 is 6.05. The molecular formula is C27H18ClN7Na4O16S5. The first-order chi connectivity index (χ1) is 25.8. The van der Waals surface area contributed by atoms with Gasteiger partial charge in [0.25, 0.3) is 0 Å². The first kappa shape index (κ1) is 57.0. The molecule has 60 heavy (non-hydrogen) atoms. The van der Waals surface area contributed by atoms with Crippen molar-refractivity contribution in [2.45, 2.75) is 19.6 Å². The quantitative estimate of drug-likeness (QED) is 0.0528. The van der Waals surface area contributed by atoms with Crippen molar-refractivity contribution in [1.29, 1.82) is 0 Å². The van der Waals surface area contributed by atoms with Gasteiger partial charge in [0.2, 0.25) is 17.2 Å². The van der Waals surface area contributed by atoms with Crippen LogP contribution in [0, 0.1) is 0 Å². The Balaban J connectivity index is 0.00000450. The van der Waals surface area contributed by atoms with Crippen molar-refractivity contribution in [2.75, 3.05) is 23.0 Å². The van der Waals surface area contributed by atoms with E-state index >= 15 is 0 Å². The van der Waals surface area contributed by atoms with Crippen molar-refractivity contribution in [3.05, 3.63) is 72.0 Å². The van der Waals surface area contributed by atoms with Crippen LogP contribution in [0.1, 0.15) is 0 Å². The van der Waals surface area contributed by atoms with Crippen molar-refractivity contribution in [3.63, 3.8) is 0 Å². The standard InChI is InChI=1S/C27H22ClN7O16S5.4Na/c28-25-31-26(29-15-4-3-5-16(12-15)52(37,38)9-8-51-56(48,49)50)33-27(32-25)30-19-13-17(53(39,40)41)10-14-11-21(55(45,46)47)23(24(36)22(14)19)35-34-18-6-1-2-7-20(18)54(42,43)44;;;;/h1-7,10-13,36H,8-9H2,(H,39,40,41)(H,42,43,44)(H,45,46,47)(H,48,49,50)(H2,29,30,31,32,33);;;;/q;4*+1/p-4. The second-order valence-corrected chi connectivity index (χ2v) is 18.4. The summed E-state index contributed by atoms with van der Waals surface area (Å²) in [7, 11) is -25.3. The van der Waals surface area contributed by atoms with Gasteiger partial charge < -0.3 is 29.4 Å². The van der Waals surface area contributed by atoms with E-state index in [4.69, 9.17) is 16.2 Å². The van der Waals surface area contributed by atoms with Crippen molar-refractivity contribution in [3.8, 4) is 5.75 Å². The largest absolute Gasteiger partial charge is 1.00 e. The van der Waals surface area contributed by atoms with E-state index in [1.54, 1.807) is 0 Å². The van der Waals surface area contributed by atoms with E-state index in [0.29, 0.717) is 18.2 Å². The smallest absolute Gasteiger partial charge is 0.870 e. The van der Waals surface area contributed by atoms with Crippen LogP contribution >= 0.6 is 11.6 Å². The molecule has 1 aromatic heterocycles. The van der Waals surface area contributed by atoms with Gasteiger partial charge in [0.05, 0.1) is 37.6 Å². The molecule has 0 amide bonds. The molecule has 4 aromatic carbocycles. The Morgan fingerprint density at radius 1 is 0.683 bits per heavy atom. The van der Waals surface area contributed by atoms with Gasteiger partial charge in [-0.15, -0.1) is 10.2 Å². The van der Waals surface area contributed by atoms with Crippen LogP contribution in [0.15, 0.2) is 96.5 Å². The number of nitrogens with zero attached hydrogens (tertiary/aromatic N) is 5. The Morgan fingerprint density at radius 2 is 1.28 bits per heavy atom. The zero-order valence-corrected chi connectivity index (χ0v) is 43.8. The summed E-state index contributed by atoms with van der Waals surface area (Å²) in [4.78, 5) is 7.95. The van der Waals surface area contributed by atoms with Crippen molar-refractivity contribution in [1.82, 2.24) is 15.0 Å². The predicted molar refractivity (Wildman–Crippen MR) is 185 cm³/mol. The maximum absolute atomic E-state index is 13.9. The molecule has 0 aliphatic rings. The number of nitrogens with one attached hydrogen (secondary N) is 2. The number of hydrogen-bond acceptors (Lipinski definition) is 22. The van der Waals surface area contributed by atoms with Crippen molar-refractivity contribution in [2.24, 2.45) is 10.2 Å². The number of rotatable bonds is 14. The van der Waals surface area contributed by atoms with E-state index < -0.39 is 128 Å². The van der Waals surface area contributed by atoms with Crippen LogP contribution in [0.2, 0.25) is 5.28 Å². The molecule has 1 heterocycles. The molecule has 33 heteroatoms. The van der Waals surface area contributed by atoms with E-state index in [1.807, 2.05) is 0 Å². The van der Waals surface area contributed by atoms with Crippen LogP contribution in [-0.4, -0.2) is 87.6 Å². The molecule has 0 unspecified atom stereocenters. The number of anilines is 4. The molecule has 0 bridgehead atoms. The number of azo groups is 1. The zero-order chi connectivity index (χ0) is 41.4. The minimum Gasteiger partial charge on any atom is -0.870 e. The van der Waals surface area contributed by atoms with Gasteiger partial charge in [0.15, 0.2) is 9.84 Å². The van der Waals surface area contributed by atoms with E-state index in [1.165, 1.54) is 18.2 Å². The van der Waals surface area contributed by atoms with Crippen LogP contribution < -0.4 is 134 Å². The Morgan fingerprint density at radius 3 is 1.87 bits per heavy atom. The topological polar surface area (TPSA) is 380 Å². The van der Waals surface area contributed by atoms with Gasteiger partial charge in [-0.2, -0.15) is 23.4 Å². The molecule has 0 aliphatic carbocycles. The molecule has 0 atom stereocenters. The van der Waals surface area contributed by atoms with Gasteiger partial charge in [-0.05, 0) is 70.9 Å². The molecule has 0 fully saturated rings. The molecule has 5 aromatic rings.